The molecule has 0 aliphatic heterocycles. The molecule has 0 aromatic carbocycles. The molecule has 1 atom stereocenters. The van der Waals surface area contributed by atoms with Crippen LogP contribution in [0.15, 0.2) is 4.99 Å². The van der Waals surface area contributed by atoms with Gasteiger partial charge >= 0.3 is 0 Å². The number of hydrogen-bond donors (Lipinski definition) is 2. The summed E-state index contributed by atoms with van der Waals surface area (Å²) in [5, 5.41) is 6.32. The Morgan fingerprint density at radius 1 is 1.39 bits per heavy atom. The van der Waals surface area contributed by atoms with E-state index in [4.69, 9.17) is 4.74 Å². The van der Waals surface area contributed by atoms with Gasteiger partial charge in [0.1, 0.15) is 9.84 Å². The lowest BCUT2D eigenvalue weighted by Gasteiger charge is -2.16. The number of aliphatic imine (C=N–C) groups is 1. The first kappa shape index (κ1) is 17.2. The Kier molecular flexibility index (Phi) is 8.74. The Bertz CT molecular complexity index is 341. The summed E-state index contributed by atoms with van der Waals surface area (Å²) in [5.74, 6) is 0.795. The topological polar surface area (TPSA) is 79.8 Å². The van der Waals surface area contributed by atoms with E-state index in [0.29, 0.717) is 19.2 Å². The summed E-state index contributed by atoms with van der Waals surface area (Å²) in [5.41, 5.74) is 0. The van der Waals surface area contributed by atoms with E-state index in [1.807, 2.05) is 0 Å². The van der Waals surface area contributed by atoms with Crippen LogP contribution >= 0.6 is 0 Å². The predicted molar refractivity (Wildman–Crippen MR) is 74.8 cm³/mol. The molecule has 7 heteroatoms. The highest BCUT2D eigenvalue weighted by atomic mass is 32.2. The van der Waals surface area contributed by atoms with Crippen molar-refractivity contribution in [1.29, 1.82) is 0 Å². The molecule has 0 saturated heterocycles. The molecular weight excluding hydrogens is 254 g/mol. The summed E-state index contributed by atoms with van der Waals surface area (Å²) in [6.07, 6.45) is 2.22. The van der Waals surface area contributed by atoms with Gasteiger partial charge in [0.25, 0.3) is 0 Å². The SMILES string of the molecule is CCC(C)NC(=NC)NCCOCCS(C)(=O)=O. The second-order valence-electron chi connectivity index (χ2n) is 4.19. The Morgan fingerprint density at radius 2 is 2.06 bits per heavy atom. The van der Waals surface area contributed by atoms with Crippen LogP contribution in [-0.4, -0.2) is 59.2 Å². The van der Waals surface area contributed by atoms with E-state index in [9.17, 15) is 8.42 Å². The largest absolute Gasteiger partial charge is 0.379 e. The lowest BCUT2D eigenvalue weighted by molar-refractivity contribution is 0.154. The molecule has 0 rings (SSSR count). The molecule has 0 aliphatic carbocycles. The first-order valence-corrected chi connectivity index (χ1v) is 8.17. The van der Waals surface area contributed by atoms with E-state index in [1.54, 1.807) is 7.05 Å². The summed E-state index contributed by atoms with van der Waals surface area (Å²) in [7, 11) is -1.22. The van der Waals surface area contributed by atoms with Crippen molar-refractivity contribution >= 4 is 15.8 Å². The van der Waals surface area contributed by atoms with E-state index in [-0.39, 0.29) is 12.4 Å². The van der Waals surface area contributed by atoms with Crippen molar-refractivity contribution in [2.45, 2.75) is 26.3 Å². The van der Waals surface area contributed by atoms with E-state index in [1.165, 1.54) is 6.26 Å². The van der Waals surface area contributed by atoms with Gasteiger partial charge in [-0.25, -0.2) is 8.42 Å². The summed E-state index contributed by atoms with van der Waals surface area (Å²) < 4.78 is 26.9. The van der Waals surface area contributed by atoms with Gasteiger partial charge in [0, 0.05) is 25.9 Å². The number of rotatable bonds is 8. The minimum Gasteiger partial charge on any atom is -0.379 e. The molecule has 0 bridgehead atoms. The van der Waals surface area contributed by atoms with Crippen molar-refractivity contribution in [3.8, 4) is 0 Å². The average Bonchev–Trinajstić information content (AvgIpc) is 2.30. The molecule has 18 heavy (non-hydrogen) atoms. The van der Waals surface area contributed by atoms with E-state index < -0.39 is 9.84 Å². The van der Waals surface area contributed by atoms with Crippen LogP contribution in [0.3, 0.4) is 0 Å². The Balaban J connectivity index is 3.64. The molecule has 0 aromatic heterocycles. The third kappa shape index (κ3) is 10.3. The lowest BCUT2D eigenvalue weighted by Crippen LogP contribution is -2.43. The third-order valence-corrected chi connectivity index (χ3v) is 3.26. The highest BCUT2D eigenvalue weighted by Gasteiger charge is 2.03. The Hall–Kier alpha value is -0.820. The molecule has 0 aliphatic rings. The molecule has 2 N–H and O–H groups in total. The third-order valence-electron chi connectivity index (χ3n) is 2.36. The number of nitrogens with one attached hydrogen (secondary N) is 2. The molecule has 108 valence electrons. The predicted octanol–water partition coefficient (Wildman–Crippen LogP) is 0.0111. The fourth-order valence-electron chi connectivity index (χ4n) is 1.08. The summed E-state index contributed by atoms with van der Waals surface area (Å²) in [4.78, 5) is 4.08. The molecule has 0 saturated carbocycles. The van der Waals surface area contributed by atoms with Crippen molar-refractivity contribution in [1.82, 2.24) is 10.6 Å². The van der Waals surface area contributed by atoms with Gasteiger partial charge in [-0.3, -0.25) is 4.99 Å². The molecule has 1 unspecified atom stereocenters. The highest BCUT2D eigenvalue weighted by Crippen LogP contribution is 1.87. The standard InChI is InChI=1S/C11H25N3O3S/c1-5-10(2)14-11(12-3)13-6-7-17-8-9-18(4,15)16/h10H,5-9H2,1-4H3,(H2,12,13,14). The van der Waals surface area contributed by atoms with Crippen LogP contribution in [0.1, 0.15) is 20.3 Å². The van der Waals surface area contributed by atoms with Crippen LogP contribution in [-0.2, 0) is 14.6 Å². The summed E-state index contributed by atoms with van der Waals surface area (Å²) >= 11 is 0. The summed E-state index contributed by atoms with van der Waals surface area (Å²) in [6, 6.07) is 0.363. The molecule has 0 radical (unpaired) electrons. The van der Waals surface area contributed by atoms with Crippen molar-refractivity contribution in [2.24, 2.45) is 4.99 Å². The van der Waals surface area contributed by atoms with Crippen molar-refractivity contribution < 1.29 is 13.2 Å². The van der Waals surface area contributed by atoms with Crippen molar-refractivity contribution in [3.05, 3.63) is 0 Å². The van der Waals surface area contributed by atoms with Gasteiger partial charge < -0.3 is 15.4 Å². The number of sulfone groups is 1. The minimum absolute atomic E-state index is 0.0623. The van der Waals surface area contributed by atoms with Crippen LogP contribution < -0.4 is 10.6 Å². The fourth-order valence-corrected chi connectivity index (χ4v) is 1.50. The van der Waals surface area contributed by atoms with Gasteiger partial charge in [-0.15, -0.1) is 0 Å². The molecular formula is C11H25N3O3S. The number of guanidine groups is 1. The maximum absolute atomic E-state index is 10.8. The highest BCUT2D eigenvalue weighted by molar-refractivity contribution is 7.90. The average molecular weight is 279 g/mol. The van der Waals surface area contributed by atoms with Crippen molar-refractivity contribution in [2.75, 3.05) is 38.8 Å². The van der Waals surface area contributed by atoms with Gasteiger partial charge in [-0.2, -0.15) is 0 Å². The number of nitrogens with zero attached hydrogens (tertiary/aromatic N) is 1. The zero-order valence-corrected chi connectivity index (χ0v) is 12.5. The van der Waals surface area contributed by atoms with E-state index in [2.05, 4.69) is 29.5 Å². The Morgan fingerprint density at radius 3 is 2.56 bits per heavy atom. The smallest absolute Gasteiger partial charge is 0.191 e. The van der Waals surface area contributed by atoms with Gasteiger partial charge in [0.2, 0.25) is 0 Å². The minimum atomic E-state index is -2.93. The summed E-state index contributed by atoms with van der Waals surface area (Å²) in [6.45, 7) is 5.46. The molecule has 0 amide bonds. The van der Waals surface area contributed by atoms with E-state index in [0.717, 1.165) is 12.4 Å². The number of hydrogen-bond acceptors (Lipinski definition) is 4. The first-order valence-electron chi connectivity index (χ1n) is 6.11. The molecule has 0 spiro atoms. The van der Waals surface area contributed by atoms with Gasteiger partial charge in [0.05, 0.1) is 19.0 Å². The molecule has 0 fully saturated rings. The fraction of sp³-hybridized carbons (Fsp3) is 0.909. The van der Waals surface area contributed by atoms with E-state index >= 15 is 0 Å². The normalized spacial score (nSPS) is 14.3. The van der Waals surface area contributed by atoms with Crippen LogP contribution in [0.25, 0.3) is 0 Å². The molecule has 0 aromatic rings. The number of ether oxygens (including phenoxy) is 1. The maximum atomic E-state index is 10.8. The first-order chi connectivity index (χ1) is 8.39. The van der Waals surface area contributed by atoms with Gasteiger partial charge in [-0.1, -0.05) is 6.92 Å². The van der Waals surface area contributed by atoms with Crippen LogP contribution in [0.2, 0.25) is 0 Å². The second-order valence-corrected chi connectivity index (χ2v) is 6.45. The van der Waals surface area contributed by atoms with Gasteiger partial charge in [0.15, 0.2) is 5.96 Å². The Labute approximate surface area is 110 Å². The maximum Gasteiger partial charge on any atom is 0.191 e. The van der Waals surface area contributed by atoms with Crippen molar-refractivity contribution in [3.63, 3.8) is 0 Å². The van der Waals surface area contributed by atoms with Gasteiger partial charge in [-0.05, 0) is 13.3 Å². The molecule has 0 heterocycles. The quantitative estimate of drug-likeness (QED) is 0.372. The zero-order chi connectivity index (χ0) is 14.0. The monoisotopic (exact) mass is 279 g/mol. The molecule has 6 nitrogen and oxygen atoms in total. The lowest BCUT2D eigenvalue weighted by atomic mass is 10.3. The van der Waals surface area contributed by atoms with Crippen LogP contribution in [0, 0.1) is 0 Å². The zero-order valence-electron chi connectivity index (χ0n) is 11.7. The second kappa shape index (κ2) is 9.16. The van der Waals surface area contributed by atoms with Crippen LogP contribution in [0.4, 0.5) is 0 Å². The van der Waals surface area contributed by atoms with Crippen LogP contribution in [0.5, 0.6) is 0 Å².